The van der Waals surface area contributed by atoms with E-state index in [2.05, 4.69) is 94.9 Å². The van der Waals surface area contributed by atoms with Gasteiger partial charge in [-0.25, -0.2) is 29.9 Å². The van der Waals surface area contributed by atoms with Crippen molar-refractivity contribution < 1.29 is 0 Å². The SMILES string of the molecule is c1ccc(-c2nc(-c3ccncc3)nc(-c3ccc(-c4ccc5cccc(-c6ccc(-c7nc(-c8ccccc8)nc(-c8ccncc8)n7)cc6)c5c4)cc3)n2)cc1. The van der Waals surface area contributed by atoms with Crippen molar-refractivity contribution in [2.45, 2.75) is 0 Å². The fourth-order valence-electron chi connectivity index (χ4n) is 7.02. The van der Waals surface area contributed by atoms with E-state index >= 15 is 0 Å². The number of pyridine rings is 2. The molecule has 0 aliphatic rings. The molecule has 0 spiro atoms. The van der Waals surface area contributed by atoms with Gasteiger partial charge in [-0.15, -0.1) is 0 Å². The summed E-state index contributed by atoms with van der Waals surface area (Å²) in [7, 11) is 0. The minimum absolute atomic E-state index is 0.602. The average Bonchev–Trinajstić information content (AvgIpc) is 3.32. The van der Waals surface area contributed by atoms with E-state index in [4.69, 9.17) is 29.9 Å². The maximum absolute atomic E-state index is 4.91. The first-order chi connectivity index (χ1) is 28.7. The van der Waals surface area contributed by atoms with Crippen LogP contribution in [0.2, 0.25) is 0 Å². The first-order valence-electron chi connectivity index (χ1n) is 18.9. The van der Waals surface area contributed by atoms with Gasteiger partial charge in [-0.1, -0.05) is 140 Å². The Balaban J connectivity index is 0.976. The molecule has 0 aliphatic carbocycles. The maximum atomic E-state index is 4.91. The van der Waals surface area contributed by atoms with Crippen LogP contribution in [0, 0.1) is 0 Å². The minimum Gasteiger partial charge on any atom is -0.265 e. The monoisotopic (exact) mass is 744 g/mol. The lowest BCUT2D eigenvalue weighted by atomic mass is 9.94. The van der Waals surface area contributed by atoms with Crippen molar-refractivity contribution in [3.8, 4) is 90.6 Å². The van der Waals surface area contributed by atoms with Crippen molar-refractivity contribution in [2.75, 3.05) is 0 Å². The number of rotatable bonds is 8. The Kier molecular flexibility index (Phi) is 9.02. The molecular formula is C50H32N8. The third kappa shape index (κ3) is 6.98. The van der Waals surface area contributed by atoms with Gasteiger partial charge in [-0.2, -0.15) is 0 Å². The summed E-state index contributed by atoms with van der Waals surface area (Å²) in [5, 5.41) is 2.33. The average molecular weight is 745 g/mol. The van der Waals surface area contributed by atoms with Crippen molar-refractivity contribution in [1.29, 1.82) is 0 Å². The molecule has 0 saturated carbocycles. The lowest BCUT2D eigenvalue weighted by molar-refractivity contribution is 1.07. The van der Waals surface area contributed by atoms with Crippen molar-refractivity contribution in [3.05, 3.63) is 195 Å². The highest BCUT2D eigenvalue weighted by Crippen LogP contribution is 2.35. The molecule has 0 saturated heterocycles. The highest BCUT2D eigenvalue weighted by atomic mass is 15.0. The lowest BCUT2D eigenvalue weighted by Crippen LogP contribution is -2.00. The molecule has 272 valence electrons. The normalized spacial score (nSPS) is 11.1. The van der Waals surface area contributed by atoms with E-state index in [1.807, 2.05) is 84.9 Å². The molecule has 0 atom stereocenters. The van der Waals surface area contributed by atoms with Crippen LogP contribution >= 0.6 is 0 Å². The third-order valence-electron chi connectivity index (χ3n) is 10.0. The zero-order valence-electron chi connectivity index (χ0n) is 31.1. The van der Waals surface area contributed by atoms with Crippen LogP contribution in [-0.2, 0) is 0 Å². The molecule has 0 radical (unpaired) electrons. The van der Waals surface area contributed by atoms with Gasteiger partial charge in [-0.3, -0.25) is 9.97 Å². The molecule has 6 aromatic carbocycles. The van der Waals surface area contributed by atoms with Crippen LogP contribution in [0.15, 0.2) is 195 Å². The highest BCUT2D eigenvalue weighted by molar-refractivity contribution is 5.99. The van der Waals surface area contributed by atoms with Crippen LogP contribution in [0.1, 0.15) is 0 Å². The van der Waals surface area contributed by atoms with E-state index in [0.29, 0.717) is 34.9 Å². The summed E-state index contributed by atoms with van der Waals surface area (Å²) in [6.07, 6.45) is 7.00. The van der Waals surface area contributed by atoms with Gasteiger partial charge in [0.2, 0.25) is 0 Å². The van der Waals surface area contributed by atoms with Crippen LogP contribution in [0.25, 0.3) is 101 Å². The van der Waals surface area contributed by atoms with Gasteiger partial charge in [0, 0.05) is 58.2 Å². The second kappa shape index (κ2) is 15.2. The van der Waals surface area contributed by atoms with Crippen molar-refractivity contribution in [3.63, 3.8) is 0 Å². The van der Waals surface area contributed by atoms with Gasteiger partial charge < -0.3 is 0 Å². The number of benzene rings is 6. The van der Waals surface area contributed by atoms with Crippen LogP contribution in [-0.4, -0.2) is 39.9 Å². The van der Waals surface area contributed by atoms with Crippen LogP contribution in [0.5, 0.6) is 0 Å². The molecule has 8 heteroatoms. The van der Waals surface area contributed by atoms with Gasteiger partial charge in [0.15, 0.2) is 34.9 Å². The van der Waals surface area contributed by atoms with E-state index in [1.165, 1.54) is 0 Å². The van der Waals surface area contributed by atoms with Gasteiger partial charge in [0.05, 0.1) is 0 Å². The number of hydrogen-bond donors (Lipinski definition) is 0. The molecule has 58 heavy (non-hydrogen) atoms. The molecule has 0 amide bonds. The van der Waals surface area contributed by atoms with E-state index in [1.54, 1.807) is 24.8 Å². The first-order valence-corrected chi connectivity index (χ1v) is 18.9. The number of aromatic nitrogens is 8. The minimum atomic E-state index is 0.602. The Bertz CT molecular complexity index is 2900. The Labute approximate surface area is 334 Å². The quantitative estimate of drug-likeness (QED) is 0.151. The molecule has 0 N–H and O–H groups in total. The topological polar surface area (TPSA) is 103 Å². The summed E-state index contributed by atoms with van der Waals surface area (Å²) in [6.45, 7) is 0. The largest absolute Gasteiger partial charge is 0.265 e. The molecule has 10 rings (SSSR count). The van der Waals surface area contributed by atoms with E-state index < -0.39 is 0 Å². The fraction of sp³-hybridized carbons (Fsp3) is 0. The highest BCUT2D eigenvalue weighted by Gasteiger charge is 2.15. The van der Waals surface area contributed by atoms with Crippen molar-refractivity contribution >= 4 is 10.8 Å². The van der Waals surface area contributed by atoms with Crippen LogP contribution < -0.4 is 0 Å². The van der Waals surface area contributed by atoms with Gasteiger partial charge in [-0.05, 0) is 63.4 Å². The van der Waals surface area contributed by atoms with Crippen LogP contribution in [0.4, 0.5) is 0 Å². The molecule has 4 aromatic heterocycles. The maximum Gasteiger partial charge on any atom is 0.164 e. The smallest absolute Gasteiger partial charge is 0.164 e. The molecule has 0 unspecified atom stereocenters. The summed E-state index contributed by atoms with van der Waals surface area (Å²) in [5.41, 5.74) is 9.88. The predicted molar refractivity (Wildman–Crippen MR) is 230 cm³/mol. The third-order valence-corrected chi connectivity index (χ3v) is 10.0. The molecular weight excluding hydrogens is 713 g/mol. The Hall–Kier alpha value is -8.10. The zero-order chi connectivity index (χ0) is 38.7. The van der Waals surface area contributed by atoms with Gasteiger partial charge in [0.25, 0.3) is 0 Å². The molecule has 0 bridgehead atoms. The molecule has 8 nitrogen and oxygen atoms in total. The second-order valence-electron chi connectivity index (χ2n) is 13.7. The molecule has 0 fully saturated rings. The van der Waals surface area contributed by atoms with Crippen LogP contribution in [0.3, 0.4) is 0 Å². The van der Waals surface area contributed by atoms with Gasteiger partial charge in [0.1, 0.15) is 0 Å². The number of hydrogen-bond acceptors (Lipinski definition) is 8. The number of nitrogens with zero attached hydrogens (tertiary/aromatic N) is 8. The molecule has 10 aromatic rings. The van der Waals surface area contributed by atoms with Crippen molar-refractivity contribution in [1.82, 2.24) is 39.9 Å². The zero-order valence-corrected chi connectivity index (χ0v) is 31.1. The Morgan fingerprint density at radius 2 is 0.603 bits per heavy atom. The van der Waals surface area contributed by atoms with Gasteiger partial charge >= 0.3 is 0 Å². The van der Waals surface area contributed by atoms with E-state index in [-0.39, 0.29) is 0 Å². The number of fused-ring (bicyclic) bond motifs is 1. The Morgan fingerprint density at radius 1 is 0.241 bits per heavy atom. The predicted octanol–water partition coefficient (Wildman–Crippen LogP) is 11.3. The summed E-state index contributed by atoms with van der Waals surface area (Å²) in [4.78, 5) is 37.6. The first kappa shape index (κ1) is 34.4. The summed E-state index contributed by atoms with van der Waals surface area (Å²) < 4.78 is 0. The molecule has 4 heterocycles. The summed E-state index contributed by atoms with van der Waals surface area (Å²) in [5.74, 6) is 3.67. The summed E-state index contributed by atoms with van der Waals surface area (Å²) in [6, 6.07) is 57.6. The second-order valence-corrected chi connectivity index (χ2v) is 13.7. The molecule has 0 aliphatic heterocycles. The summed E-state index contributed by atoms with van der Waals surface area (Å²) >= 11 is 0. The van der Waals surface area contributed by atoms with Crippen molar-refractivity contribution in [2.24, 2.45) is 0 Å². The standard InChI is InChI=1S/C50H32N8/c1-3-8-36(9-4-1)45-53-47(57-49(55-45)40-24-28-51-29-25-40)38-19-14-33(15-20-38)42-23-18-34-12-7-13-43(44(34)32-42)35-16-21-39(22-17-35)48-54-46(37-10-5-2-6-11-37)56-50(58-48)41-26-30-52-31-27-41/h1-32H. The van der Waals surface area contributed by atoms with E-state index in [0.717, 1.165) is 66.4 Å². The fourth-order valence-corrected chi connectivity index (χ4v) is 7.02. The Morgan fingerprint density at radius 3 is 1.05 bits per heavy atom. The van der Waals surface area contributed by atoms with E-state index in [9.17, 15) is 0 Å². The lowest BCUT2D eigenvalue weighted by Gasteiger charge is -2.12.